The maximum Gasteiger partial charge on any atom is 0.229 e. The second-order valence-corrected chi connectivity index (χ2v) is 5.96. The predicted molar refractivity (Wildman–Crippen MR) is 71.8 cm³/mol. The summed E-state index contributed by atoms with van der Waals surface area (Å²) in [6, 6.07) is 7.89. The van der Waals surface area contributed by atoms with Crippen molar-refractivity contribution in [3.8, 4) is 0 Å². The smallest absolute Gasteiger partial charge is 0.229 e. The molecule has 0 spiro atoms. The highest BCUT2D eigenvalue weighted by atomic mass is 32.2. The van der Waals surface area contributed by atoms with Gasteiger partial charge in [0.05, 0.1) is 12.5 Å². The van der Waals surface area contributed by atoms with Crippen molar-refractivity contribution in [2.24, 2.45) is 0 Å². The maximum atomic E-state index is 12.1. The zero-order valence-corrected chi connectivity index (χ0v) is 11.3. The van der Waals surface area contributed by atoms with Gasteiger partial charge in [0, 0.05) is 11.3 Å². The molecule has 0 aliphatic carbocycles. The monoisotopic (exact) mass is 279 g/mol. The van der Waals surface area contributed by atoms with Crippen molar-refractivity contribution in [1.82, 2.24) is 0 Å². The van der Waals surface area contributed by atoms with Gasteiger partial charge in [-0.1, -0.05) is 0 Å². The summed E-state index contributed by atoms with van der Waals surface area (Å²) in [6.45, 7) is 1.79. The molecule has 1 heterocycles. The minimum atomic E-state index is -3.31. The van der Waals surface area contributed by atoms with Crippen LogP contribution in [-0.2, 0) is 10.0 Å². The lowest BCUT2D eigenvalue weighted by Crippen LogP contribution is -2.09. The van der Waals surface area contributed by atoms with Crippen LogP contribution in [0.4, 0.5) is 5.69 Å². The average Bonchev–Trinajstić information content (AvgIpc) is 2.73. The van der Waals surface area contributed by atoms with Gasteiger partial charge in [0.1, 0.15) is 0 Å². The van der Waals surface area contributed by atoms with Crippen molar-refractivity contribution in [2.75, 3.05) is 11.0 Å². The molecule has 0 fully saturated rings. The van der Waals surface area contributed by atoms with E-state index in [1.165, 1.54) is 18.4 Å². The SMILES string of the molecule is Cc1ccoc1C(=O)c1ccc(NS(C)(=O)=O)cc1. The van der Waals surface area contributed by atoms with Crippen molar-refractivity contribution in [3.05, 3.63) is 53.5 Å². The van der Waals surface area contributed by atoms with Crippen LogP contribution in [0.2, 0.25) is 0 Å². The fourth-order valence-corrected chi connectivity index (χ4v) is 2.20. The molecule has 0 unspecified atom stereocenters. The number of anilines is 1. The zero-order chi connectivity index (χ0) is 14.0. The van der Waals surface area contributed by atoms with Gasteiger partial charge in [0.25, 0.3) is 0 Å². The van der Waals surface area contributed by atoms with E-state index in [2.05, 4.69) is 4.72 Å². The molecule has 5 nitrogen and oxygen atoms in total. The first-order chi connectivity index (χ1) is 8.87. The average molecular weight is 279 g/mol. The number of hydrogen-bond acceptors (Lipinski definition) is 4. The maximum absolute atomic E-state index is 12.1. The van der Waals surface area contributed by atoms with Gasteiger partial charge in [0.2, 0.25) is 15.8 Å². The zero-order valence-electron chi connectivity index (χ0n) is 10.5. The highest BCUT2D eigenvalue weighted by Gasteiger charge is 2.15. The molecular weight excluding hydrogens is 266 g/mol. The summed E-state index contributed by atoms with van der Waals surface area (Å²) in [7, 11) is -3.31. The summed E-state index contributed by atoms with van der Waals surface area (Å²) in [5, 5.41) is 0. The lowest BCUT2D eigenvalue weighted by atomic mass is 10.1. The van der Waals surface area contributed by atoms with E-state index < -0.39 is 10.0 Å². The van der Waals surface area contributed by atoms with Gasteiger partial charge in [-0.15, -0.1) is 0 Å². The van der Waals surface area contributed by atoms with Crippen molar-refractivity contribution in [1.29, 1.82) is 0 Å². The van der Waals surface area contributed by atoms with Crippen LogP contribution in [-0.4, -0.2) is 20.5 Å². The number of furan rings is 1. The number of ketones is 1. The molecule has 0 atom stereocenters. The summed E-state index contributed by atoms with van der Waals surface area (Å²) >= 11 is 0. The number of hydrogen-bond donors (Lipinski definition) is 1. The van der Waals surface area contributed by atoms with Crippen LogP contribution in [0.1, 0.15) is 21.7 Å². The van der Waals surface area contributed by atoms with Gasteiger partial charge in [-0.3, -0.25) is 9.52 Å². The number of aryl methyl sites for hydroxylation is 1. The third-order valence-corrected chi connectivity index (χ3v) is 3.13. The predicted octanol–water partition coefficient (Wildman–Crippen LogP) is 2.19. The Morgan fingerprint density at radius 2 is 1.79 bits per heavy atom. The lowest BCUT2D eigenvalue weighted by molar-refractivity contribution is 0.101. The molecule has 100 valence electrons. The first-order valence-corrected chi connectivity index (χ1v) is 7.42. The Hall–Kier alpha value is -2.08. The second kappa shape index (κ2) is 4.89. The van der Waals surface area contributed by atoms with E-state index in [-0.39, 0.29) is 5.78 Å². The third-order valence-electron chi connectivity index (χ3n) is 2.52. The minimum Gasteiger partial charge on any atom is -0.461 e. The Bertz CT molecular complexity index is 698. The first kappa shape index (κ1) is 13.4. The van der Waals surface area contributed by atoms with Crippen molar-refractivity contribution < 1.29 is 17.6 Å². The van der Waals surface area contributed by atoms with Crippen LogP contribution in [0.3, 0.4) is 0 Å². The van der Waals surface area contributed by atoms with E-state index in [1.807, 2.05) is 0 Å². The van der Waals surface area contributed by atoms with Gasteiger partial charge in [0.15, 0.2) is 5.76 Å². The summed E-state index contributed by atoms with van der Waals surface area (Å²) in [5.41, 5.74) is 1.62. The summed E-state index contributed by atoms with van der Waals surface area (Å²) < 4.78 is 29.6. The molecular formula is C13H13NO4S. The Morgan fingerprint density at radius 3 is 2.26 bits per heavy atom. The lowest BCUT2D eigenvalue weighted by Gasteiger charge is -2.04. The van der Waals surface area contributed by atoms with Crippen LogP contribution in [0.15, 0.2) is 41.0 Å². The molecule has 2 rings (SSSR count). The van der Waals surface area contributed by atoms with Crippen LogP contribution < -0.4 is 4.72 Å². The molecule has 1 aromatic heterocycles. The van der Waals surface area contributed by atoms with E-state index in [0.29, 0.717) is 17.0 Å². The molecule has 0 bridgehead atoms. The molecule has 1 N–H and O–H groups in total. The van der Waals surface area contributed by atoms with E-state index in [0.717, 1.165) is 11.8 Å². The number of nitrogens with one attached hydrogen (secondary N) is 1. The van der Waals surface area contributed by atoms with Gasteiger partial charge in [-0.2, -0.15) is 0 Å². The standard InChI is InChI=1S/C13H13NO4S/c1-9-7-8-18-13(9)12(15)10-3-5-11(6-4-10)14-19(2,16)17/h3-8,14H,1-2H3. The fraction of sp³-hybridized carbons (Fsp3) is 0.154. The van der Waals surface area contributed by atoms with Crippen LogP contribution >= 0.6 is 0 Å². The Balaban J connectivity index is 2.24. The van der Waals surface area contributed by atoms with Crippen molar-refractivity contribution >= 4 is 21.5 Å². The number of carbonyl (C=O) groups excluding carboxylic acids is 1. The molecule has 19 heavy (non-hydrogen) atoms. The van der Waals surface area contributed by atoms with E-state index in [1.54, 1.807) is 25.1 Å². The molecule has 0 saturated carbocycles. The summed E-state index contributed by atoms with van der Waals surface area (Å²) in [5.74, 6) is 0.0669. The molecule has 0 saturated heterocycles. The molecule has 0 aliphatic rings. The molecule has 1 aromatic carbocycles. The third kappa shape index (κ3) is 3.23. The number of benzene rings is 1. The van der Waals surface area contributed by atoms with Crippen LogP contribution in [0, 0.1) is 6.92 Å². The number of carbonyl (C=O) groups is 1. The largest absolute Gasteiger partial charge is 0.461 e. The summed E-state index contributed by atoms with van der Waals surface area (Å²) in [6.07, 6.45) is 2.53. The molecule has 0 amide bonds. The van der Waals surface area contributed by atoms with Crippen molar-refractivity contribution in [3.63, 3.8) is 0 Å². The van der Waals surface area contributed by atoms with Crippen molar-refractivity contribution in [2.45, 2.75) is 6.92 Å². The van der Waals surface area contributed by atoms with Gasteiger partial charge in [-0.25, -0.2) is 8.42 Å². The fourth-order valence-electron chi connectivity index (χ4n) is 1.64. The first-order valence-electron chi connectivity index (χ1n) is 5.53. The highest BCUT2D eigenvalue weighted by Crippen LogP contribution is 2.17. The topological polar surface area (TPSA) is 76.4 Å². The normalized spacial score (nSPS) is 11.3. The second-order valence-electron chi connectivity index (χ2n) is 4.21. The number of rotatable bonds is 4. The molecule has 2 aromatic rings. The molecule has 0 aliphatic heterocycles. The molecule has 0 radical (unpaired) electrons. The molecule has 6 heteroatoms. The van der Waals surface area contributed by atoms with E-state index >= 15 is 0 Å². The Kier molecular flexibility index (Phi) is 3.44. The van der Waals surface area contributed by atoms with E-state index in [4.69, 9.17) is 4.42 Å². The van der Waals surface area contributed by atoms with Crippen LogP contribution in [0.5, 0.6) is 0 Å². The Morgan fingerprint density at radius 1 is 1.16 bits per heavy atom. The quantitative estimate of drug-likeness (QED) is 0.870. The number of sulfonamides is 1. The van der Waals surface area contributed by atoms with Crippen LogP contribution in [0.25, 0.3) is 0 Å². The Labute approximate surface area is 111 Å². The highest BCUT2D eigenvalue weighted by molar-refractivity contribution is 7.92. The summed E-state index contributed by atoms with van der Waals surface area (Å²) in [4.78, 5) is 12.1. The minimum absolute atomic E-state index is 0.228. The van der Waals surface area contributed by atoms with E-state index in [9.17, 15) is 13.2 Å². The van der Waals surface area contributed by atoms with Gasteiger partial charge >= 0.3 is 0 Å². The van der Waals surface area contributed by atoms with Gasteiger partial charge in [-0.05, 0) is 42.8 Å². The van der Waals surface area contributed by atoms with Gasteiger partial charge < -0.3 is 4.42 Å².